The Labute approximate surface area is 183 Å². The first-order chi connectivity index (χ1) is 14.4. The fourth-order valence-corrected chi connectivity index (χ4v) is 4.57. The van der Waals surface area contributed by atoms with Crippen molar-refractivity contribution in [2.75, 3.05) is 6.61 Å². The van der Waals surface area contributed by atoms with Crippen LogP contribution in [0.5, 0.6) is 5.75 Å². The average molecular weight is 444 g/mol. The van der Waals surface area contributed by atoms with Gasteiger partial charge >= 0.3 is 5.97 Å². The van der Waals surface area contributed by atoms with Gasteiger partial charge in [0.25, 0.3) is 0 Å². The lowest BCUT2D eigenvalue weighted by Crippen LogP contribution is -2.33. The van der Waals surface area contributed by atoms with Gasteiger partial charge in [-0.25, -0.2) is 5.48 Å². The van der Waals surface area contributed by atoms with Gasteiger partial charge in [0.1, 0.15) is 12.4 Å². The molecule has 8 heteroatoms. The number of aliphatic hydroxyl groups excluding tert-OH is 2. The molecule has 1 saturated carbocycles. The minimum absolute atomic E-state index is 0.0511. The number of ether oxygens (including phenoxy) is 1. The van der Waals surface area contributed by atoms with Crippen molar-refractivity contribution in [3.63, 3.8) is 0 Å². The van der Waals surface area contributed by atoms with E-state index in [0.717, 1.165) is 25.7 Å². The number of nitrogens with one attached hydrogen (secondary N) is 1. The molecule has 0 aliphatic heterocycles. The van der Waals surface area contributed by atoms with Crippen LogP contribution >= 0.6 is 11.6 Å². The second kappa shape index (κ2) is 13.1. The molecule has 5 atom stereocenters. The van der Waals surface area contributed by atoms with E-state index < -0.39 is 18.2 Å². The van der Waals surface area contributed by atoms with E-state index in [4.69, 9.17) is 21.4 Å². The van der Waals surface area contributed by atoms with Crippen molar-refractivity contribution in [3.05, 3.63) is 29.3 Å². The molecule has 1 aliphatic rings. The number of hydroxylamine groups is 1. The Morgan fingerprint density at radius 3 is 2.67 bits per heavy atom. The zero-order valence-electron chi connectivity index (χ0n) is 17.3. The van der Waals surface area contributed by atoms with E-state index >= 15 is 0 Å². The summed E-state index contributed by atoms with van der Waals surface area (Å²) in [6.45, 7) is 0.154. The van der Waals surface area contributed by atoms with Crippen LogP contribution in [0.3, 0.4) is 0 Å². The number of halogens is 1. The molecule has 1 aromatic rings. The highest BCUT2D eigenvalue weighted by Crippen LogP contribution is 2.39. The first-order valence-electron chi connectivity index (χ1n) is 10.8. The highest BCUT2D eigenvalue weighted by molar-refractivity contribution is 6.30. The van der Waals surface area contributed by atoms with Gasteiger partial charge in [0.15, 0.2) is 0 Å². The topological polar surface area (TPSA) is 119 Å². The van der Waals surface area contributed by atoms with E-state index in [-0.39, 0.29) is 30.9 Å². The number of carboxylic acids is 1. The van der Waals surface area contributed by atoms with Crippen molar-refractivity contribution in [2.45, 2.75) is 76.0 Å². The highest BCUT2D eigenvalue weighted by atomic mass is 35.5. The van der Waals surface area contributed by atoms with Gasteiger partial charge in [0.05, 0.1) is 12.2 Å². The molecule has 0 bridgehead atoms. The SMILES string of the molecule is O=C(O)CCCCCCC1[C@@H](CC[C@@H](O)COc2cccc(Cl)c2)C(NO)C[C@@H]1O. The minimum Gasteiger partial charge on any atom is -0.491 e. The molecular formula is C22H34ClNO6. The predicted molar refractivity (Wildman–Crippen MR) is 114 cm³/mol. The summed E-state index contributed by atoms with van der Waals surface area (Å²) in [7, 11) is 0. The van der Waals surface area contributed by atoms with E-state index in [1.165, 1.54) is 0 Å². The fourth-order valence-electron chi connectivity index (χ4n) is 4.39. The number of unbranched alkanes of at least 4 members (excludes halogenated alkanes) is 3. The van der Waals surface area contributed by atoms with Gasteiger partial charge in [-0.05, 0) is 62.1 Å². The Morgan fingerprint density at radius 2 is 1.97 bits per heavy atom. The highest BCUT2D eigenvalue weighted by Gasteiger charge is 2.41. The van der Waals surface area contributed by atoms with Crippen LogP contribution in [0.2, 0.25) is 5.02 Å². The van der Waals surface area contributed by atoms with E-state index in [9.17, 15) is 20.2 Å². The van der Waals surface area contributed by atoms with E-state index in [1.54, 1.807) is 24.3 Å². The predicted octanol–water partition coefficient (Wildman–Crippen LogP) is 3.63. The smallest absolute Gasteiger partial charge is 0.303 e. The number of aliphatic carboxylic acids is 1. The zero-order valence-corrected chi connectivity index (χ0v) is 18.0. The van der Waals surface area contributed by atoms with Gasteiger partial charge in [-0.15, -0.1) is 0 Å². The molecule has 0 aromatic heterocycles. The second-order valence-corrected chi connectivity index (χ2v) is 8.65. The van der Waals surface area contributed by atoms with Crippen LogP contribution in [0.15, 0.2) is 24.3 Å². The summed E-state index contributed by atoms with van der Waals surface area (Å²) in [4.78, 5) is 10.6. The summed E-state index contributed by atoms with van der Waals surface area (Å²) in [5.41, 5.74) is 2.33. The summed E-state index contributed by atoms with van der Waals surface area (Å²) < 4.78 is 5.59. The van der Waals surface area contributed by atoms with Gasteiger partial charge in [-0.1, -0.05) is 36.9 Å². The maximum absolute atomic E-state index is 10.6. The maximum atomic E-state index is 10.6. The second-order valence-electron chi connectivity index (χ2n) is 8.21. The molecular weight excluding hydrogens is 410 g/mol. The quantitative estimate of drug-likeness (QED) is 0.220. The molecule has 1 aliphatic carbocycles. The summed E-state index contributed by atoms with van der Waals surface area (Å²) >= 11 is 5.93. The zero-order chi connectivity index (χ0) is 21.9. The van der Waals surface area contributed by atoms with E-state index in [0.29, 0.717) is 36.5 Å². The fraction of sp³-hybridized carbons (Fsp3) is 0.682. The van der Waals surface area contributed by atoms with Crippen molar-refractivity contribution in [3.8, 4) is 5.75 Å². The van der Waals surface area contributed by atoms with Crippen LogP contribution in [0, 0.1) is 11.8 Å². The molecule has 0 saturated heterocycles. The number of aliphatic hydroxyl groups is 2. The number of benzene rings is 1. The van der Waals surface area contributed by atoms with Gasteiger partial charge in [0, 0.05) is 17.5 Å². The van der Waals surface area contributed by atoms with Crippen molar-refractivity contribution < 1.29 is 30.1 Å². The van der Waals surface area contributed by atoms with Crippen molar-refractivity contribution >= 4 is 17.6 Å². The molecule has 2 unspecified atom stereocenters. The van der Waals surface area contributed by atoms with Gasteiger partial charge in [-0.2, -0.15) is 0 Å². The third kappa shape index (κ3) is 8.40. The molecule has 5 N–H and O–H groups in total. The van der Waals surface area contributed by atoms with E-state index in [2.05, 4.69) is 5.48 Å². The molecule has 0 spiro atoms. The first kappa shape index (κ1) is 24.9. The Balaban J connectivity index is 1.76. The van der Waals surface area contributed by atoms with Crippen LogP contribution in [-0.4, -0.2) is 51.4 Å². The Hall–Kier alpha value is -1.38. The average Bonchev–Trinajstić information content (AvgIpc) is 3.02. The third-order valence-electron chi connectivity index (χ3n) is 5.97. The molecule has 1 fully saturated rings. The van der Waals surface area contributed by atoms with Crippen molar-refractivity contribution in [1.82, 2.24) is 5.48 Å². The van der Waals surface area contributed by atoms with Gasteiger partial charge in [0.2, 0.25) is 0 Å². The molecule has 2 rings (SSSR count). The summed E-state index contributed by atoms with van der Waals surface area (Å²) in [6, 6.07) is 6.82. The molecule has 0 heterocycles. The molecule has 1 aromatic carbocycles. The number of carboxylic acid groups (broad SMARTS) is 1. The lowest BCUT2D eigenvalue weighted by molar-refractivity contribution is -0.137. The lowest BCUT2D eigenvalue weighted by atomic mass is 9.84. The Morgan fingerprint density at radius 1 is 1.20 bits per heavy atom. The van der Waals surface area contributed by atoms with Crippen LogP contribution in [-0.2, 0) is 4.79 Å². The molecule has 0 radical (unpaired) electrons. The van der Waals surface area contributed by atoms with Gasteiger partial charge in [-0.3, -0.25) is 4.79 Å². The lowest BCUT2D eigenvalue weighted by Gasteiger charge is -2.26. The number of carbonyl (C=O) groups is 1. The maximum Gasteiger partial charge on any atom is 0.303 e. The van der Waals surface area contributed by atoms with Crippen LogP contribution in [0.4, 0.5) is 0 Å². The summed E-state index contributed by atoms with van der Waals surface area (Å²) in [5, 5.41) is 39.5. The standard InChI is InChI=1S/C22H34ClNO6/c23-15-6-5-7-17(12-15)30-14-16(25)10-11-18-19(21(26)13-20(18)24-29)8-3-1-2-4-9-22(27)28/h5-7,12,16,18-21,24-26,29H,1-4,8-11,13-14H2,(H,27,28)/t16-,18-,19?,20?,21+/m1/s1. The largest absolute Gasteiger partial charge is 0.491 e. The molecule has 7 nitrogen and oxygen atoms in total. The van der Waals surface area contributed by atoms with Crippen LogP contribution < -0.4 is 10.2 Å². The minimum atomic E-state index is -0.768. The first-order valence-corrected chi connectivity index (χ1v) is 11.1. The Bertz CT molecular complexity index is 646. The summed E-state index contributed by atoms with van der Waals surface area (Å²) in [6.07, 6.45) is 4.91. The van der Waals surface area contributed by atoms with Crippen molar-refractivity contribution in [1.29, 1.82) is 0 Å². The number of rotatable bonds is 14. The molecule has 170 valence electrons. The number of hydrogen-bond donors (Lipinski definition) is 5. The number of hydrogen-bond acceptors (Lipinski definition) is 6. The van der Waals surface area contributed by atoms with E-state index in [1.807, 2.05) is 0 Å². The van der Waals surface area contributed by atoms with Crippen LogP contribution in [0.1, 0.15) is 57.8 Å². The van der Waals surface area contributed by atoms with Gasteiger partial charge < -0.3 is 25.3 Å². The monoisotopic (exact) mass is 443 g/mol. The Kier molecular flexibility index (Phi) is 10.9. The van der Waals surface area contributed by atoms with Crippen molar-refractivity contribution in [2.24, 2.45) is 11.8 Å². The molecule has 30 heavy (non-hydrogen) atoms. The normalized spacial score (nSPS) is 24.7. The summed E-state index contributed by atoms with van der Waals surface area (Å²) in [5.74, 6) is -0.0513. The van der Waals surface area contributed by atoms with Crippen LogP contribution in [0.25, 0.3) is 0 Å². The molecule has 0 amide bonds. The third-order valence-corrected chi connectivity index (χ3v) is 6.21.